The zero-order valence-electron chi connectivity index (χ0n) is 12.1. The molecule has 1 aromatic rings. The van der Waals surface area contributed by atoms with E-state index in [0.29, 0.717) is 50.1 Å². The number of aromatic nitrogens is 1. The maximum atomic E-state index is 11.4. The zero-order chi connectivity index (χ0) is 15.3. The zero-order valence-corrected chi connectivity index (χ0v) is 12.1. The van der Waals surface area contributed by atoms with Crippen LogP contribution >= 0.6 is 0 Å². The molecular formula is C15H20N2O4. The summed E-state index contributed by atoms with van der Waals surface area (Å²) >= 11 is 0. The molecule has 0 spiro atoms. The summed E-state index contributed by atoms with van der Waals surface area (Å²) in [6.45, 7) is 3.65. The van der Waals surface area contributed by atoms with Crippen LogP contribution in [0, 0.1) is 0 Å². The molecule has 6 nitrogen and oxygen atoms in total. The average Bonchev–Trinajstić information content (AvgIpc) is 2.50. The fourth-order valence-electron chi connectivity index (χ4n) is 2.51. The molecule has 0 bridgehead atoms. The van der Waals surface area contributed by atoms with Crippen LogP contribution in [0.15, 0.2) is 18.3 Å². The number of aldehydes is 1. The molecule has 0 unspecified atom stereocenters. The highest BCUT2D eigenvalue weighted by molar-refractivity contribution is 5.72. The van der Waals surface area contributed by atoms with Crippen LogP contribution in [0.25, 0.3) is 0 Å². The number of esters is 1. The number of piperidine rings is 1. The van der Waals surface area contributed by atoms with Gasteiger partial charge in [0, 0.05) is 24.8 Å². The van der Waals surface area contributed by atoms with Gasteiger partial charge in [0.1, 0.15) is 5.69 Å². The summed E-state index contributed by atoms with van der Waals surface area (Å²) in [5, 5.41) is 10.7. The van der Waals surface area contributed by atoms with Crippen molar-refractivity contribution in [3.05, 3.63) is 29.6 Å². The largest absolute Gasteiger partial charge is 0.465 e. The number of hydrogen-bond acceptors (Lipinski definition) is 6. The fourth-order valence-corrected chi connectivity index (χ4v) is 2.51. The van der Waals surface area contributed by atoms with Gasteiger partial charge in [-0.25, -0.2) is 0 Å². The van der Waals surface area contributed by atoms with E-state index in [0.717, 1.165) is 0 Å². The predicted octanol–water partition coefficient (Wildman–Crippen LogP) is 0.741. The maximum Gasteiger partial charge on any atom is 0.320 e. The lowest BCUT2D eigenvalue weighted by molar-refractivity contribution is -0.145. The standard InChI is InChI=1S/C15H20N2O4/c1-2-21-14(19)10-17-7-5-15(20,6-8-17)12-3-4-13(11-18)16-9-12/h3-4,9,11,20H,2,5-8,10H2,1H3. The first-order valence-corrected chi connectivity index (χ1v) is 7.09. The van der Waals surface area contributed by atoms with Crippen molar-refractivity contribution in [2.75, 3.05) is 26.2 Å². The van der Waals surface area contributed by atoms with Crippen molar-refractivity contribution in [1.29, 1.82) is 0 Å². The summed E-state index contributed by atoms with van der Waals surface area (Å²) in [5.41, 5.74) is 0.116. The van der Waals surface area contributed by atoms with Gasteiger partial charge in [-0.15, -0.1) is 0 Å². The normalized spacial score (nSPS) is 18.2. The Balaban J connectivity index is 1.94. The smallest absolute Gasteiger partial charge is 0.320 e. The first-order valence-electron chi connectivity index (χ1n) is 7.09. The summed E-state index contributed by atoms with van der Waals surface area (Å²) in [4.78, 5) is 28.0. The first kappa shape index (κ1) is 15.6. The quantitative estimate of drug-likeness (QED) is 0.637. The van der Waals surface area contributed by atoms with E-state index in [1.54, 1.807) is 25.3 Å². The molecule has 0 amide bonds. The van der Waals surface area contributed by atoms with Crippen LogP contribution in [0.4, 0.5) is 0 Å². The van der Waals surface area contributed by atoms with Crippen molar-refractivity contribution in [2.24, 2.45) is 0 Å². The molecule has 0 radical (unpaired) electrons. The van der Waals surface area contributed by atoms with Crippen LogP contribution in [0.5, 0.6) is 0 Å². The van der Waals surface area contributed by atoms with Gasteiger partial charge < -0.3 is 9.84 Å². The number of likely N-dealkylation sites (tertiary alicyclic amines) is 1. The fraction of sp³-hybridized carbons (Fsp3) is 0.533. The van der Waals surface area contributed by atoms with Crippen molar-refractivity contribution in [3.8, 4) is 0 Å². The lowest BCUT2D eigenvalue weighted by Crippen LogP contribution is -2.44. The van der Waals surface area contributed by atoms with E-state index in [1.807, 2.05) is 4.90 Å². The second-order valence-corrected chi connectivity index (χ2v) is 5.20. The van der Waals surface area contributed by atoms with Crippen molar-refractivity contribution in [1.82, 2.24) is 9.88 Å². The van der Waals surface area contributed by atoms with Gasteiger partial charge in [-0.3, -0.25) is 19.5 Å². The number of ether oxygens (including phenoxy) is 1. The summed E-state index contributed by atoms with van der Waals surface area (Å²) in [5.74, 6) is -0.236. The number of rotatable bonds is 5. The third-order valence-electron chi connectivity index (χ3n) is 3.79. The Bertz CT molecular complexity index is 493. The molecule has 0 saturated carbocycles. The van der Waals surface area contributed by atoms with Crippen molar-refractivity contribution < 1.29 is 19.4 Å². The first-order chi connectivity index (χ1) is 10.1. The monoisotopic (exact) mass is 292 g/mol. The van der Waals surface area contributed by atoms with Gasteiger partial charge in [0.25, 0.3) is 0 Å². The SMILES string of the molecule is CCOC(=O)CN1CCC(O)(c2ccc(C=O)nc2)CC1. The van der Waals surface area contributed by atoms with Gasteiger partial charge >= 0.3 is 5.97 Å². The highest BCUT2D eigenvalue weighted by Gasteiger charge is 2.34. The number of nitrogens with zero attached hydrogens (tertiary/aromatic N) is 2. The second-order valence-electron chi connectivity index (χ2n) is 5.20. The molecule has 0 atom stereocenters. The predicted molar refractivity (Wildman–Crippen MR) is 75.8 cm³/mol. The molecular weight excluding hydrogens is 272 g/mol. The molecule has 1 aromatic heterocycles. The maximum absolute atomic E-state index is 11.4. The minimum absolute atomic E-state index is 0.236. The number of carbonyl (C=O) groups is 2. The van der Waals surface area contributed by atoms with Gasteiger partial charge in [0.15, 0.2) is 6.29 Å². The highest BCUT2D eigenvalue weighted by atomic mass is 16.5. The van der Waals surface area contributed by atoms with Crippen LogP contribution in [-0.4, -0.2) is 53.5 Å². The van der Waals surface area contributed by atoms with Crippen molar-refractivity contribution in [3.63, 3.8) is 0 Å². The Morgan fingerprint density at radius 3 is 2.71 bits per heavy atom. The minimum Gasteiger partial charge on any atom is -0.465 e. The van der Waals surface area contributed by atoms with Crippen LogP contribution in [0.3, 0.4) is 0 Å². The van der Waals surface area contributed by atoms with E-state index in [-0.39, 0.29) is 12.5 Å². The van der Waals surface area contributed by atoms with Crippen molar-refractivity contribution >= 4 is 12.3 Å². The second kappa shape index (κ2) is 6.78. The molecule has 1 aliphatic heterocycles. The van der Waals surface area contributed by atoms with E-state index in [1.165, 1.54) is 0 Å². The topological polar surface area (TPSA) is 79.7 Å². The summed E-state index contributed by atoms with van der Waals surface area (Å²) in [6.07, 6.45) is 3.27. The van der Waals surface area contributed by atoms with E-state index in [4.69, 9.17) is 4.74 Å². The number of pyridine rings is 1. The van der Waals surface area contributed by atoms with Crippen LogP contribution in [-0.2, 0) is 15.1 Å². The lowest BCUT2D eigenvalue weighted by Gasteiger charge is -2.37. The van der Waals surface area contributed by atoms with Gasteiger partial charge in [0.2, 0.25) is 0 Å². The lowest BCUT2D eigenvalue weighted by atomic mass is 9.85. The van der Waals surface area contributed by atoms with Crippen LogP contribution in [0.2, 0.25) is 0 Å². The summed E-state index contributed by atoms with van der Waals surface area (Å²) in [7, 11) is 0. The van der Waals surface area contributed by atoms with E-state index in [2.05, 4.69) is 4.98 Å². The van der Waals surface area contributed by atoms with Crippen LogP contribution < -0.4 is 0 Å². The Morgan fingerprint density at radius 2 is 2.19 bits per heavy atom. The molecule has 114 valence electrons. The Hall–Kier alpha value is -1.79. The third kappa shape index (κ3) is 3.86. The molecule has 0 aromatic carbocycles. The van der Waals surface area contributed by atoms with E-state index in [9.17, 15) is 14.7 Å². The summed E-state index contributed by atoms with van der Waals surface area (Å²) < 4.78 is 4.92. The minimum atomic E-state index is -0.945. The molecule has 2 rings (SSSR count). The van der Waals surface area contributed by atoms with Gasteiger partial charge in [-0.2, -0.15) is 0 Å². The number of carbonyl (C=O) groups excluding carboxylic acids is 2. The number of aliphatic hydroxyl groups is 1. The molecule has 1 aliphatic rings. The average molecular weight is 292 g/mol. The van der Waals surface area contributed by atoms with Gasteiger partial charge in [-0.1, -0.05) is 6.07 Å². The van der Waals surface area contributed by atoms with Gasteiger partial charge in [0.05, 0.1) is 18.8 Å². The highest BCUT2D eigenvalue weighted by Crippen LogP contribution is 2.32. The third-order valence-corrected chi connectivity index (χ3v) is 3.79. The molecule has 1 fully saturated rings. The number of hydrogen-bond donors (Lipinski definition) is 1. The molecule has 0 aliphatic carbocycles. The molecule has 21 heavy (non-hydrogen) atoms. The van der Waals surface area contributed by atoms with E-state index >= 15 is 0 Å². The van der Waals surface area contributed by atoms with Crippen molar-refractivity contribution in [2.45, 2.75) is 25.4 Å². The molecule has 6 heteroatoms. The van der Waals surface area contributed by atoms with Crippen LogP contribution in [0.1, 0.15) is 35.8 Å². The molecule has 2 heterocycles. The molecule has 1 saturated heterocycles. The van der Waals surface area contributed by atoms with Gasteiger partial charge in [-0.05, 0) is 25.8 Å². The Kier molecular flexibility index (Phi) is 5.03. The van der Waals surface area contributed by atoms with E-state index < -0.39 is 5.60 Å². The molecule has 1 N–H and O–H groups in total. The Labute approximate surface area is 123 Å². The summed E-state index contributed by atoms with van der Waals surface area (Å²) in [6, 6.07) is 3.34. The Morgan fingerprint density at radius 1 is 1.48 bits per heavy atom.